The minimum Gasteiger partial charge on any atom is -0.269 e. The molecule has 36 valence electrons. The van der Waals surface area contributed by atoms with Crippen LogP contribution in [-0.4, -0.2) is 23.3 Å². The van der Waals surface area contributed by atoms with Crippen LogP contribution in [-0.2, 0) is 0 Å². The molecule has 0 aliphatic rings. The highest BCUT2D eigenvalue weighted by atomic mass is 19.1. The van der Waals surface area contributed by atoms with Crippen molar-refractivity contribution in [1.29, 1.82) is 0 Å². The quantitative estimate of drug-likeness (QED) is 0.390. The summed E-state index contributed by atoms with van der Waals surface area (Å²) < 4.78 is 11.9. The van der Waals surface area contributed by atoms with E-state index in [0.29, 0.717) is 5.59 Å². The van der Waals surface area contributed by atoms with Crippen LogP contribution >= 0.6 is 0 Å². The lowest BCUT2D eigenvalue weighted by Crippen LogP contribution is -2.06. The van der Waals surface area contributed by atoms with Gasteiger partial charge in [0, 0.05) is 5.59 Å². The first-order chi connectivity index (χ1) is 3.30. The summed E-state index contributed by atoms with van der Waals surface area (Å²) in [5.74, 6) is -0.528. The van der Waals surface area contributed by atoms with Crippen LogP contribution in [0, 0.1) is 5.95 Å². The van der Waals surface area contributed by atoms with E-state index in [1.807, 2.05) is 0 Å². The normalized spacial score (nSPS) is 9.29. The maximum atomic E-state index is 11.9. The molecule has 1 heterocycles. The molecule has 0 unspecified atom stereocenters. The largest absolute Gasteiger partial charge is 0.269 e. The van der Waals surface area contributed by atoms with E-state index in [1.54, 1.807) is 7.85 Å². The summed E-state index contributed by atoms with van der Waals surface area (Å²) in [7, 11) is 1.56. The topological polar surface area (TPSA) is 41.6 Å². The van der Waals surface area contributed by atoms with E-state index in [9.17, 15) is 4.39 Å². The molecule has 0 spiro atoms. The maximum Gasteiger partial charge on any atom is 0.245 e. The Morgan fingerprint density at radius 2 is 2.43 bits per heavy atom. The molecule has 1 aromatic rings. The SMILES string of the molecule is Bc1[nH]nnc1F. The number of rotatable bonds is 0. The number of nitrogens with one attached hydrogen (secondary N) is 1. The fourth-order valence-corrected chi connectivity index (χ4v) is 0.265. The standard InChI is InChI=1S/C2H3BFN3/c3-1-2(4)6-7-5-1/h3H2,(H,5,6,7). The third-order valence-corrected chi connectivity index (χ3v) is 0.665. The van der Waals surface area contributed by atoms with Crippen molar-refractivity contribution in [3.05, 3.63) is 5.95 Å². The molecule has 0 radical (unpaired) electrons. The second-order valence-electron chi connectivity index (χ2n) is 1.23. The highest BCUT2D eigenvalue weighted by Crippen LogP contribution is 1.73. The molecule has 1 N–H and O–H groups in total. The van der Waals surface area contributed by atoms with E-state index < -0.39 is 5.95 Å². The molecule has 1 aromatic heterocycles. The van der Waals surface area contributed by atoms with Gasteiger partial charge in [-0.05, 0) is 0 Å². The van der Waals surface area contributed by atoms with E-state index >= 15 is 0 Å². The molecule has 0 saturated carbocycles. The van der Waals surface area contributed by atoms with Crippen molar-refractivity contribution in [3.8, 4) is 0 Å². The van der Waals surface area contributed by atoms with Crippen molar-refractivity contribution in [3.63, 3.8) is 0 Å². The van der Waals surface area contributed by atoms with Gasteiger partial charge in [0.05, 0.1) is 0 Å². The van der Waals surface area contributed by atoms with E-state index in [-0.39, 0.29) is 0 Å². The van der Waals surface area contributed by atoms with Crippen molar-refractivity contribution in [2.45, 2.75) is 0 Å². The second kappa shape index (κ2) is 1.33. The summed E-state index contributed by atoms with van der Waals surface area (Å²) in [5.41, 5.74) is 0.375. The van der Waals surface area contributed by atoms with Crippen LogP contribution in [0.5, 0.6) is 0 Å². The summed E-state index contributed by atoms with van der Waals surface area (Å²) in [5, 5.41) is 8.55. The highest BCUT2D eigenvalue weighted by molar-refractivity contribution is 6.30. The molecule has 7 heavy (non-hydrogen) atoms. The number of aromatic nitrogens is 3. The third-order valence-electron chi connectivity index (χ3n) is 0.665. The Kier molecular flexibility index (Phi) is 0.815. The van der Waals surface area contributed by atoms with Crippen LogP contribution in [0.15, 0.2) is 0 Å². The molecular weight excluding hydrogens is 95.9 g/mol. The van der Waals surface area contributed by atoms with Crippen LogP contribution in [0.25, 0.3) is 0 Å². The number of hydrogen-bond acceptors (Lipinski definition) is 2. The highest BCUT2D eigenvalue weighted by Gasteiger charge is 1.94. The zero-order valence-electron chi connectivity index (χ0n) is 3.77. The zero-order chi connectivity index (χ0) is 5.28. The predicted octanol–water partition coefficient (Wildman–Crippen LogP) is -1.80. The Morgan fingerprint density at radius 3 is 2.57 bits per heavy atom. The van der Waals surface area contributed by atoms with Crippen molar-refractivity contribution in [2.24, 2.45) is 0 Å². The van der Waals surface area contributed by atoms with Gasteiger partial charge in [-0.1, -0.05) is 5.21 Å². The van der Waals surface area contributed by atoms with Crippen molar-refractivity contribution >= 4 is 13.4 Å². The van der Waals surface area contributed by atoms with E-state index in [1.165, 1.54) is 0 Å². The molecule has 0 aliphatic carbocycles. The van der Waals surface area contributed by atoms with Gasteiger partial charge in [-0.2, -0.15) is 4.39 Å². The summed E-state index contributed by atoms with van der Waals surface area (Å²) in [6.45, 7) is 0. The van der Waals surface area contributed by atoms with Crippen LogP contribution < -0.4 is 5.59 Å². The average Bonchev–Trinajstić information content (AvgIpc) is 1.91. The summed E-state index contributed by atoms with van der Waals surface area (Å²) in [6, 6.07) is 0. The minimum atomic E-state index is -0.528. The first kappa shape index (κ1) is 4.30. The number of H-pyrrole nitrogens is 1. The molecule has 0 aliphatic heterocycles. The number of nitrogens with zero attached hydrogens (tertiary/aromatic N) is 2. The summed E-state index contributed by atoms with van der Waals surface area (Å²) in [6.07, 6.45) is 0. The number of halogens is 1. The van der Waals surface area contributed by atoms with E-state index in [0.717, 1.165) is 0 Å². The molecule has 5 heteroatoms. The lowest BCUT2D eigenvalue weighted by atomic mass is 10.1. The Morgan fingerprint density at radius 1 is 1.71 bits per heavy atom. The molecule has 0 fully saturated rings. The fraction of sp³-hybridized carbons (Fsp3) is 0. The van der Waals surface area contributed by atoms with E-state index in [4.69, 9.17) is 0 Å². The smallest absolute Gasteiger partial charge is 0.245 e. The third kappa shape index (κ3) is 0.605. The molecule has 0 bridgehead atoms. The number of hydrogen-bond donors (Lipinski definition) is 1. The lowest BCUT2D eigenvalue weighted by molar-refractivity contribution is 0.585. The predicted molar refractivity (Wildman–Crippen MR) is 24.5 cm³/mol. The van der Waals surface area contributed by atoms with Crippen LogP contribution in [0.4, 0.5) is 4.39 Å². The van der Waals surface area contributed by atoms with Crippen LogP contribution in [0.1, 0.15) is 0 Å². The Hall–Kier alpha value is -0.865. The van der Waals surface area contributed by atoms with Gasteiger partial charge in [0.2, 0.25) is 5.95 Å². The lowest BCUT2D eigenvalue weighted by Gasteiger charge is -1.71. The fourth-order valence-electron chi connectivity index (χ4n) is 0.265. The molecular formula is C2H3BFN3. The zero-order valence-corrected chi connectivity index (χ0v) is 3.77. The monoisotopic (exact) mass is 99.0 g/mol. The van der Waals surface area contributed by atoms with Gasteiger partial charge in [0.15, 0.2) is 7.85 Å². The van der Waals surface area contributed by atoms with Crippen molar-refractivity contribution in [1.82, 2.24) is 15.4 Å². The van der Waals surface area contributed by atoms with Gasteiger partial charge in [0.1, 0.15) is 0 Å². The van der Waals surface area contributed by atoms with Gasteiger partial charge in [-0.3, -0.25) is 5.10 Å². The Balaban J connectivity index is 3.12. The van der Waals surface area contributed by atoms with E-state index in [2.05, 4.69) is 15.4 Å². The van der Waals surface area contributed by atoms with Gasteiger partial charge in [-0.25, -0.2) is 0 Å². The minimum absolute atomic E-state index is 0.375. The number of aromatic amines is 1. The first-order valence-electron chi connectivity index (χ1n) is 1.84. The van der Waals surface area contributed by atoms with Gasteiger partial charge < -0.3 is 0 Å². The molecule has 0 saturated heterocycles. The molecule has 0 atom stereocenters. The second-order valence-corrected chi connectivity index (χ2v) is 1.23. The van der Waals surface area contributed by atoms with Crippen LogP contribution in [0.2, 0.25) is 0 Å². The maximum absolute atomic E-state index is 11.9. The molecule has 0 aromatic carbocycles. The average molecular weight is 98.9 g/mol. The van der Waals surface area contributed by atoms with Crippen molar-refractivity contribution in [2.75, 3.05) is 0 Å². The van der Waals surface area contributed by atoms with Crippen LogP contribution in [0.3, 0.4) is 0 Å². The summed E-state index contributed by atoms with van der Waals surface area (Å²) in [4.78, 5) is 0. The first-order valence-corrected chi connectivity index (χ1v) is 1.84. The van der Waals surface area contributed by atoms with Crippen molar-refractivity contribution < 1.29 is 4.39 Å². The Labute approximate surface area is 40.3 Å². The summed E-state index contributed by atoms with van der Waals surface area (Å²) >= 11 is 0. The molecule has 3 nitrogen and oxygen atoms in total. The van der Waals surface area contributed by atoms with Gasteiger partial charge in [-0.15, -0.1) is 5.10 Å². The van der Waals surface area contributed by atoms with Gasteiger partial charge in [0.25, 0.3) is 0 Å². The Bertz CT molecular complexity index is 145. The van der Waals surface area contributed by atoms with Gasteiger partial charge >= 0.3 is 0 Å². The molecule has 0 amide bonds. The molecule has 1 rings (SSSR count).